The molecular weight excluding hydrogens is 841 g/mol. The first-order chi connectivity index (χ1) is 33.8. The maximum absolute atomic E-state index is 12.4. The van der Waals surface area contributed by atoms with Gasteiger partial charge in [-0.1, -0.05) is 121 Å². The molecule has 0 N–H and O–H groups in total. The number of furan rings is 3. The summed E-state index contributed by atoms with van der Waals surface area (Å²) in [7, 11) is 0. The lowest BCUT2D eigenvalue weighted by Gasteiger charge is -2.27. The largest absolute Gasteiger partial charge is 0.439 e. The van der Waals surface area contributed by atoms with E-state index in [1.165, 1.54) is 0 Å². The third kappa shape index (κ3) is 4.76. The van der Waals surface area contributed by atoms with Crippen molar-refractivity contribution in [1.29, 1.82) is 5.26 Å². The third-order valence-electron chi connectivity index (χ3n) is 13.7. The van der Waals surface area contributed by atoms with E-state index in [0.29, 0.717) is 34.1 Å². The molecule has 0 bridgehead atoms. The second-order valence-electron chi connectivity index (χ2n) is 17.2. The fraction of sp³-hybridized carbons (Fsp3) is 0. The van der Waals surface area contributed by atoms with Gasteiger partial charge in [0.2, 0.25) is 17.1 Å². The molecule has 0 radical (unpaired) electrons. The van der Waals surface area contributed by atoms with Crippen molar-refractivity contribution in [3.63, 3.8) is 0 Å². The van der Waals surface area contributed by atoms with Crippen LogP contribution in [0.4, 0.5) is 0 Å². The maximum atomic E-state index is 12.4. The second-order valence-corrected chi connectivity index (χ2v) is 17.2. The van der Waals surface area contributed by atoms with Crippen molar-refractivity contribution in [2.24, 2.45) is 0 Å². The third-order valence-corrected chi connectivity index (χ3v) is 13.7. The number of fused-ring (bicyclic) bond motifs is 15. The standard InChI is InChI=1S/C59H32N6O3/c60-31-42-54(63-43-23-7-1-17-36(43)51-39-20-4-10-26-46(39)66-57(51)63)49(34-15-13-29-61-32-34)56(65-45-25-9-3-19-38(45)53-41-22-6-12-28-48(41)68-59(53)65)50(35-16-14-30-62-33-35)55(42)64-44-24-8-2-18-37(44)52-40-21-5-11-27-47(40)67-58(52)64/h1-30,32-33H. The summed E-state index contributed by atoms with van der Waals surface area (Å²) >= 11 is 0. The SMILES string of the molecule is N#Cc1c(-n2c3ccccc3c3c4ccccc4oc32)c(-c2cccnc2)c(-n2c3ccccc3c3c4ccccc4oc32)c(-c2cccnc2)c1-n1c2ccccc2c2c3ccccc3oc21. The van der Waals surface area contributed by atoms with Crippen LogP contribution in [0.15, 0.2) is 208 Å². The highest BCUT2D eigenvalue weighted by molar-refractivity contribution is 6.24. The van der Waals surface area contributed by atoms with Crippen molar-refractivity contribution in [2.45, 2.75) is 0 Å². The zero-order valence-electron chi connectivity index (χ0n) is 35.9. The van der Waals surface area contributed by atoms with Crippen molar-refractivity contribution < 1.29 is 13.3 Å². The molecule has 15 rings (SSSR count). The molecule has 0 amide bonds. The van der Waals surface area contributed by atoms with Crippen molar-refractivity contribution in [2.75, 3.05) is 0 Å². The molecule has 0 aliphatic carbocycles. The van der Waals surface area contributed by atoms with E-state index in [1.807, 2.05) is 85.2 Å². The number of pyridine rings is 2. The molecule has 15 aromatic rings. The van der Waals surface area contributed by atoms with Crippen LogP contribution < -0.4 is 0 Å². The quantitative estimate of drug-likeness (QED) is 0.171. The van der Waals surface area contributed by atoms with Crippen LogP contribution in [0.2, 0.25) is 0 Å². The monoisotopic (exact) mass is 872 g/mol. The van der Waals surface area contributed by atoms with E-state index in [0.717, 1.165) is 110 Å². The predicted molar refractivity (Wildman–Crippen MR) is 270 cm³/mol. The van der Waals surface area contributed by atoms with Crippen LogP contribution in [0.25, 0.3) is 138 Å². The Morgan fingerprint density at radius 2 is 0.706 bits per heavy atom. The van der Waals surface area contributed by atoms with Crippen LogP contribution in [0.3, 0.4) is 0 Å². The van der Waals surface area contributed by atoms with Gasteiger partial charge in [0.15, 0.2) is 0 Å². The smallest absolute Gasteiger partial charge is 0.213 e. The van der Waals surface area contributed by atoms with Crippen LogP contribution in [-0.4, -0.2) is 23.7 Å². The Hall–Kier alpha value is -9.65. The highest BCUT2D eigenvalue weighted by atomic mass is 16.4. The number of hydrogen-bond acceptors (Lipinski definition) is 6. The average Bonchev–Trinajstić information content (AvgIpc) is 4.24. The fourth-order valence-electron chi connectivity index (χ4n) is 11.0. The average molecular weight is 873 g/mol. The molecular formula is C59H32N6O3. The molecule has 0 atom stereocenters. The molecule has 0 fully saturated rings. The minimum atomic E-state index is 0.384. The summed E-state index contributed by atoms with van der Waals surface area (Å²) in [6, 6.07) is 60.4. The van der Waals surface area contributed by atoms with Crippen molar-refractivity contribution >= 4 is 98.9 Å². The van der Waals surface area contributed by atoms with E-state index in [2.05, 4.69) is 117 Å². The Bertz CT molecular complexity index is 4420. The molecule has 0 aliphatic rings. The van der Waals surface area contributed by atoms with Gasteiger partial charge in [-0.25, -0.2) is 0 Å². The molecule has 9 heteroatoms. The molecule has 0 unspecified atom stereocenters. The molecule has 8 heterocycles. The molecule has 8 aromatic heterocycles. The first kappa shape index (κ1) is 36.7. The van der Waals surface area contributed by atoms with E-state index >= 15 is 0 Å². The molecule has 7 aromatic carbocycles. The molecule has 0 saturated heterocycles. The van der Waals surface area contributed by atoms with Gasteiger partial charge < -0.3 is 13.3 Å². The van der Waals surface area contributed by atoms with Crippen LogP contribution in [-0.2, 0) is 0 Å². The van der Waals surface area contributed by atoms with Crippen molar-refractivity contribution in [3.05, 3.63) is 200 Å². The van der Waals surface area contributed by atoms with Gasteiger partial charge in [-0.15, -0.1) is 0 Å². The summed E-state index contributed by atoms with van der Waals surface area (Å²) in [6.45, 7) is 0. The Morgan fingerprint density at radius 1 is 0.368 bits per heavy atom. The van der Waals surface area contributed by atoms with E-state index in [4.69, 9.17) is 23.2 Å². The Balaban J connectivity index is 1.29. The van der Waals surface area contributed by atoms with Gasteiger partial charge in [0.05, 0.1) is 49.8 Å². The van der Waals surface area contributed by atoms with Crippen LogP contribution in [0.1, 0.15) is 5.56 Å². The van der Waals surface area contributed by atoms with E-state index in [1.54, 1.807) is 12.4 Å². The Morgan fingerprint density at radius 3 is 1.06 bits per heavy atom. The lowest BCUT2D eigenvalue weighted by Crippen LogP contribution is -2.13. The van der Waals surface area contributed by atoms with Crippen molar-refractivity contribution in [1.82, 2.24) is 23.7 Å². The van der Waals surface area contributed by atoms with Gasteiger partial charge in [0.1, 0.15) is 28.4 Å². The molecule has 68 heavy (non-hydrogen) atoms. The summed E-state index contributed by atoms with van der Waals surface area (Å²) in [5, 5.41) is 21.2. The minimum Gasteiger partial charge on any atom is -0.439 e. The number of nitriles is 1. The molecule has 0 saturated carbocycles. The number of rotatable bonds is 5. The van der Waals surface area contributed by atoms with E-state index in [-0.39, 0.29) is 0 Å². The number of benzene rings is 7. The van der Waals surface area contributed by atoms with E-state index < -0.39 is 0 Å². The normalized spacial score (nSPS) is 12.1. The van der Waals surface area contributed by atoms with Crippen LogP contribution in [0.5, 0.6) is 0 Å². The van der Waals surface area contributed by atoms with E-state index in [9.17, 15) is 5.26 Å². The zero-order chi connectivity index (χ0) is 44.6. The maximum Gasteiger partial charge on any atom is 0.213 e. The van der Waals surface area contributed by atoms with Gasteiger partial charge in [-0.3, -0.25) is 23.7 Å². The molecule has 0 spiro atoms. The summed E-state index contributed by atoms with van der Waals surface area (Å²) in [4.78, 5) is 9.56. The fourth-order valence-corrected chi connectivity index (χ4v) is 11.0. The molecule has 316 valence electrons. The highest BCUT2D eigenvalue weighted by Gasteiger charge is 2.36. The number of nitrogens with zero attached hydrogens (tertiary/aromatic N) is 6. The minimum absolute atomic E-state index is 0.384. The van der Waals surface area contributed by atoms with Gasteiger partial charge in [0, 0.05) is 79.4 Å². The number of aromatic nitrogens is 5. The molecule has 9 nitrogen and oxygen atoms in total. The lowest BCUT2D eigenvalue weighted by molar-refractivity contribution is 0.643. The zero-order valence-corrected chi connectivity index (χ0v) is 35.9. The summed E-state index contributed by atoms with van der Waals surface area (Å²) in [6.07, 6.45) is 7.31. The number of hydrogen-bond donors (Lipinski definition) is 0. The second kappa shape index (κ2) is 13.7. The Labute approximate surface area is 385 Å². The van der Waals surface area contributed by atoms with Crippen molar-refractivity contribution in [3.8, 4) is 45.4 Å². The first-order valence-corrected chi connectivity index (χ1v) is 22.4. The topological polar surface area (TPSA) is 104 Å². The summed E-state index contributed by atoms with van der Waals surface area (Å²) < 4.78 is 27.7. The lowest BCUT2D eigenvalue weighted by atomic mass is 9.89. The predicted octanol–water partition coefficient (Wildman–Crippen LogP) is 15.2. The molecule has 0 aliphatic heterocycles. The first-order valence-electron chi connectivity index (χ1n) is 22.4. The van der Waals surface area contributed by atoms with Gasteiger partial charge >= 0.3 is 0 Å². The van der Waals surface area contributed by atoms with Gasteiger partial charge in [-0.05, 0) is 48.5 Å². The van der Waals surface area contributed by atoms with Gasteiger partial charge in [0.25, 0.3) is 0 Å². The Kier molecular flexibility index (Phi) is 7.38. The summed E-state index contributed by atoms with van der Waals surface area (Å²) in [5.74, 6) is 0. The van der Waals surface area contributed by atoms with Crippen LogP contribution in [0, 0.1) is 11.3 Å². The van der Waals surface area contributed by atoms with Gasteiger partial charge in [-0.2, -0.15) is 5.26 Å². The highest BCUT2D eigenvalue weighted by Crippen LogP contribution is 2.53. The van der Waals surface area contributed by atoms with Crippen LogP contribution >= 0.6 is 0 Å². The summed E-state index contributed by atoms with van der Waals surface area (Å²) in [5.41, 5.74) is 12.2. The number of para-hydroxylation sites is 6.